The van der Waals surface area contributed by atoms with Crippen molar-refractivity contribution < 1.29 is 24.2 Å². The Hall–Kier alpha value is -1.95. The number of hydrogen-bond acceptors (Lipinski definition) is 6. The van der Waals surface area contributed by atoms with Crippen molar-refractivity contribution >= 4 is 11.9 Å². The number of ether oxygens (including phenoxy) is 2. The largest absolute Gasteiger partial charge is 0.465 e. The summed E-state index contributed by atoms with van der Waals surface area (Å²) < 4.78 is 9.24. The fourth-order valence-corrected chi connectivity index (χ4v) is 1.63. The van der Waals surface area contributed by atoms with Gasteiger partial charge in [-0.05, 0) is 30.9 Å². The molecule has 0 spiro atoms. The zero-order valence-corrected chi connectivity index (χ0v) is 11.0. The number of pyridine rings is 1. The van der Waals surface area contributed by atoms with Crippen LogP contribution in [0.5, 0.6) is 0 Å². The van der Waals surface area contributed by atoms with Crippen LogP contribution in [0.25, 0.3) is 0 Å². The molecule has 0 aromatic carbocycles. The SMILES string of the molecule is COC(=O)c1cc(C(=O)OC)c(CCCCO)cn1. The topological polar surface area (TPSA) is 85.7 Å². The first kappa shape index (κ1) is 15.1. The van der Waals surface area contributed by atoms with Crippen LogP contribution in [0.2, 0.25) is 0 Å². The third-order valence-corrected chi connectivity index (χ3v) is 2.64. The van der Waals surface area contributed by atoms with Gasteiger partial charge in [-0.2, -0.15) is 0 Å². The molecule has 0 amide bonds. The van der Waals surface area contributed by atoms with E-state index in [1.807, 2.05) is 0 Å². The molecule has 6 nitrogen and oxygen atoms in total. The van der Waals surface area contributed by atoms with Gasteiger partial charge in [-0.15, -0.1) is 0 Å². The Morgan fingerprint density at radius 3 is 2.47 bits per heavy atom. The zero-order chi connectivity index (χ0) is 14.3. The molecule has 1 heterocycles. The van der Waals surface area contributed by atoms with E-state index in [4.69, 9.17) is 5.11 Å². The van der Waals surface area contributed by atoms with Gasteiger partial charge in [0.2, 0.25) is 0 Å². The normalized spacial score (nSPS) is 10.1. The summed E-state index contributed by atoms with van der Waals surface area (Å²) >= 11 is 0. The van der Waals surface area contributed by atoms with E-state index < -0.39 is 11.9 Å². The lowest BCUT2D eigenvalue weighted by atomic mass is 10.0. The highest BCUT2D eigenvalue weighted by atomic mass is 16.5. The zero-order valence-electron chi connectivity index (χ0n) is 11.0. The van der Waals surface area contributed by atoms with Gasteiger partial charge in [0.1, 0.15) is 5.69 Å². The summed E-state index contributed by atoms with van der Waals surface area (Å²) in [5, 5.41) is 8.75. The Morgan fingerprint density at radius 2 is 1.89 bits per heavy atom. The third kappa shape index (κ3) is 4.03. The maximum Gasteiger partial charge on any atom is 0.356 e. The number of carbonyl (C=O) groups excluding carboxylic acids is 2. The Morgan fingerprint density at radius 1 is 1.21 bits per heavy atom. The van der Waals surface area contributed by atoms with Crippen molar-refractivity contribution in [1.82, 2.24) is 4.98 Å². The Balaban J connectivity index is 3.02. The summed E-state index contributed by atoms with van der Waals surface area (Å²) in [5.41, 5.74) is 1.05. The van der Waals surface area contributed by atoms with E-state index in [1.165, 1.54) is 26.5 Å². The second kappa shape index (κ2) is 7.48. The number of aromatic nitrogens is 1. The van der Waals surface area contributed by atoms with Crippen molar-refractivity contribution in [2.45, 2.75) is 19.3 Å². The molecule has 0 aliphatic rings. The monoisotopic (exact) mass is 267 g/mol. The molecule has 1 aromatic heterocycles. The van der Waals surface area contributed by atoms with Crippen molar-refractivity contribution in [2.24, 2.45) is 0 Å². The van der Waals surface area contributed by atoms with Crippen molar-refractivity contribution in [2.75, 3.05) is 20.8 Å². The minimum atomic E-state index is -0.605. The summed E-state index contributed by atoms with van der Waals surface area (Å²) in [6.07, 6.45) is 3.41. The summed E-state index contributed by atoms with van der Waals surface area (Å²) in [5.74, 6) is -1.13. The molecule has 0 radical (unpaired) electrons. The predicted octanol–water partition coefficient (Wildman–Crippen LogP) is 0.970. The molecule has 0 aliphatic heterocycles. The molecule has 1 aromatic rings. The van der Waals surface area contributed by atoms with E-state index in [9.17, 15) is 9.59 Å². The fraction of sp³-hybridized carbons (Fsp3) is 0.462. The van der Waals surface area contributed by atoms with Gasteiger partial charge >= 0.3 is 11.9 Å². The van der Waals surface area contributed by atoms with E-state index in [0.29, 0.717) is 24.0 Å². The van der Waals surface area contributed by atoms with Crippen LogP contribution in [-0.2, 0) is 15.9 Å². The number of aryl methyl sites for hydroxylation is 1. The Bertz CT molecular complexity index is 458. The van der Waals surface area contributed by atoms with Gasteiger partial charge in [0.15, 0.2) is 0 Å². The van der Waals surface area contributed by atoms with Gasteiger partial charge in [0.25, 0.3) is 0 Å². The summed E-state index contributed by atoms with van der Waals surface area (Å²) in [7, 11) is 2.52. The summed E-state index contributed by atoms with van der Waals surface area (Å²) in [6.45, 7) is 0.0984. The van der Waals surface area contributed by atoms with Crippen molar-refractivity contribution in [3.63, 3.8) is 0 Å². The van der Waals surface area contributed by atoms with Crippen LogP contribution in [0.15, 0.2) is 12.3 Å². The van der Waals surface area contributed by atoms with E-state index in [1.54, 1.807) is 0 Å². The van der Waals surface area contributed by atoms with Gasteiger partial charge in [-0.1, -0.05) is 0 Å². The summed E-state index contributed by atoms with van der Waals surface area (Å²) in [4.78, 5) is 27.0. The molecule has 0 bridgehead atoms. The maximum absolute atomic E-state index is 11.7. The molecule has 0 fully saturated rings. The number of methoxy groups -OCH3 is 2. The van der Waals surface area contributed by atoms with Crippen LogP contribution in [0.4, 0.5) is 0 Å². The van der Waals surface area contributed by atoms with Crippen LogP contribution < -0.4 is 0 Å². The van der Waals surface area contributed by atoms with Crippen LogP contribution in [-0.4, -0.2) is 42.9 Å². The highest BCUT2D eigenvalue weighted by molar-refractivity contribution is 5.95. The number of esters is 2. The standard InChI is InChI=1S/C13H17NO5/c1-18-12(16)10-7-11(13(17)19-2)14-8-9(10)5-3-4-6-15/h7-8,15H,3-6H2,1-2H3. The van der Waals surface area contributed by atoms with Crippen LogP contribution in [0.3, 0.4) is 0 Å². The first-order chi connectivity index (χ1) is 9.13. The fourth-order valence-electron chi connectivity index (χ4n) is 1.63. The molecule has 19 heavy (non-hydrogen) atoms. The molecule has 6 heteroatoms. The summed E-state index contributed by atoms with van der Waals surface area (Å²) in [6, 6.07) is 1.37. The number of rotatable bonds is 6. The second-order valence-electron chi connectivity index (χ2n) is 3.89. The number of carbonyl (C=O) groups is 2. The molecule has 1 rings (SSSR count). The number of aliphatic hydroxyl groups is 1. The Kier molecular flexibility index (Phi) is 5.95. The third-order valence-electron chi connectivity index (χ3n) is 2.64. The quantitative estimate of drug-likeness (QED) is 0.610. The molecule has 0 aliphatic carbocycles. The van der Waals surface area contributed by atoms with E-state index in [2.05, 4.69) is 14.5 Å². The average Bonchev–Trinajstić information content (AvgIpc) is 2.46. The molecular weight excluding hydrogens is 250 g/mol. The maximum atomic E-state index is 11.7. The lowest BCUT2D eigenvalue weighted by Gasteiger charge is -2.08. The molecule has 0 atom stereocenters. The Labute approximate surface area is 111 Å². The number of nitrogens with zero attached hydrogens (tertiary/aromatic N) is 1. The predicted molar refractivity (Wildman–Crippen MR) is 66.9 cm³/mol. The van der Waals surface area contributed by atoms with Crippen LogP contribution >= 0.6 is 0 Å². The molecule has 0 saturated heterocycles. The average molecular weight is 267 g/mol. The molecule has 0 unspecified atom stereocenters. The van der Waals surface area contributed by atoms with Gasteiger partial charge in [0.05, 0.1) is 19.8 Å². The highest BCUT2D eigenvalue weighted by Crippen LogP contribution is 2.14. The van der Waals surface area contributed by atoms with Crippen LogP contribution in [0, 0.1) is 0 Å². The van der Waals surface area contributed by atoms with Gasteiger partial charge in [-0.3, -0.25) is 0 Å². The first-order valence-corrected chi connectivity index (χ1v) is 5.90. The molecule has 1 N–H and O–H groups in total. The number of hydrogen-bond donors (Lipinski definition) is 1. The van der Waals surface area contributed by atoms with E-state index >= 15 is 0 Å². The smallest absolute Gasteiger partial charge is 0.356 e. The van der Waals surface area contributed by atoms with Crippen LogP contribution in [0.1, 0.15) is 39.3 Å². The minimum Gasteiger partial charge on any atom is -0.465 e. The first-order valence-electron chi connectivity index (χ1n) is 5.90. The minimum absolute atomic E-state index is 0.0637. The van der Waals surface area contributed by atoms with Crippen molar-refractivity contribution in [3.05, 3.63) is 29.1 Å². The number of aliphatic hydroxyl groups excluding tert-OH is 1. The number of unbranched alkanes of at least 4 members (excludes halogenated alkanes) is 1. The molecule has 0 saturated carbocycles. The molecular formula is C13H17NO5. The van der Waals surface area contributed by atoms with Gasteiger partial charge < -0.3 is 14.6 Å². The van der Waals surface area contributed by atoms with Gasteiger partial charge in [-0.25, -0.2) is 14.6 Å². The van der Waals surface area contributed by atoms with Crippen molar-refractivity contribution in [3.8, 4) is 0 Å². The lowest BCUT2D eigenvalue weighted by Crippen LogP contribution is -2.11. The second-order valence-corrected chi connectivity index (χ2v) is 3.89. The highest BCUT2D eigenvalue weighted by Gasteiger charge is 2.16. The molecule has 104 valence electrons. The van der Waals surface area contributed by atoms with Gasteiger partial charge in [0, 0.05) is 12.8 Å². The van der Waals surface area contributed by atoms with E-state index in [0.717, 1.165) is 6.42 Å². The lowest BCUT2D eigenvalue weighted by molar-refractivity contribution is 0.0593. The van der Waals surface area contributed by atoms with Crippen molar-refractivity contribution in [1.29, 1.82) is 0 Å². The van der Waals surface area contributed by atoms with E-state index in [-0.39, 0.29) is 12.3 Å².